The SMILES string of the molecule is CCOCCNC(=O)c1ccc(F)c(S(=O)(=O)Cl)c1. The van der Waals surface area contributed by atoms with Gasteiger partial charge in [0.25, 0.3) is 15.0 Å². The molecule has 1 N–H and O–H groups in total. The van der Waals surface area contributed by atoms with Crippen LogP contribution in [0.1, 0.15) is 17.3 Å². The molecule has 0 aliphatic heterocycles. The summed E-state index contributed by atoms with van der Waals surface area (Å²) < 4.78 is 40.5. The van der Waals surface area contributed by atoms with Crippen molar-refractivity contribution in [3.63, 3.8) is 0 Å². The second-order valence-corrected chi connectivity index (χ2v) is 6.07. The van der Waals surface area contributed by atoms with Crippen LogP contribution in [0.2, 0.25) is 0 Å². The molecule has 0 aromatic heterocycles. The van der Waals surface area contributed by atoms with Crippen LogP contribution in [0.25, 0.3) is 0 Å². The Morgan fingerprint density at radius 2 is 2.16 bits per heavy atom. The van der Waals surface area contributed by atoms with Crippen molar-refractivity contribution in [1.29, 1.82) is 0 Å². The molecule has 8 heteroatoms. The third-order valence-corrected chi connectivity index (χ3v) is 3.53. The van der Waals surface area contributed by atoms with Crippen molar-refractivity contribution in [2.24, 2.45) is 0 Å². The summed E-state index contributed by atoms with van der Waals surface area (Å²) in [5, 5.41) is 2.51. The zero-order chi connectivity index (χ0) is 14.5. The van der Waals surface area contributed by atoms with Crippen molar-refractivity contribution in [3.8, 4) is 0 Å². The van der Waals surface area contributed by atoms with Crippen LogP contribution in [-0.2, 0) is 13.8 Å². The fourth-order valence-corrected chi connectivity index (χ4v) is 2.24. The van der Waals surface area contributed by atoms with Crippen molar-refractivity contribution in [3.05, 3.63) is 29.6 Å². The van der Waals surface area contributed by atoms with E-state index < -0.39 is 25.7 Å². The second kappa shape index (κ2) is 6.83. The minimum absolute atomic E-state index is 0.0112. The van der Waals surface area contributed by atoms with Crippen molar-refractivity contribution >= 4 is 25.6 Å². The van der Waals surface area contributed by atoms with Crippen molar-refractivity contribution < 1.29 is 22.3 Å². The van der Waals surface area contributed by atoms with E-state index in [1.807, 2.05) is 6.92 Å². The van der Waals surface area contributed by atoms with E-state index in [2.05, 4.69) is 5.32 Å². The highest BCUT2D eigenvalue weighted by Gasteiger charge is 2.18. The molecule has 0 fully saturated rings. The molecule has 5 nitrogen and oxygen atoms in total. The summed E-state index contributed by atoms with van der Waals surface area (Å²) in [6.07, 6.45) is 0. The van der Waals surface area contributed by atoms with Crippen LogP contribution in [0.15, 0.2) is 23.1 Å². The number of carbonyl (C=O) groups excluding carboxylic acids is 1. The second-order valence-electron chi connectivity index (χ2n) is 3.54. The summed E-state index contributed by atoms with van der Waals surface area (Å²) in [5.74, 6) is -1.53. The summed E-state index contributed by atoms with van der Waals surface area (Å²) in [4.78, 5) is 11.0. The third kappa shape index (κ3) is 4.77. The first-order valence-corrected chi connectivity index (χ1v) is 7.77. The molecule has 0 heterocycles. The predicted octanol–water partition coefficient (Wildman–Crippen LogP) is 1.52. The molecule has 0 aliphatic carbocycles. The third-order valence-electron chi connectivity index (χ3n) is 2.19. The van der Waals surface area contributed by atoms with E-state index in [-0.39, 0.29) is 12.1 Å². The van der Waals surface area contributed by atoms with E-state index in [0.29, 0.717) is 13.2 Å². The highest BCUT2D eigenvalue weighted by molar-refractivity contribution is 8.13. The lowest BCUT2D eigenvalue weighted by molar-refractivity contribution is 0.0922. The maximum absolute atomic E-state index is 13.3. The molecular weight excluding hydrogens is 297 g/mol. The number of benzene rings is 1. The summed E-state index contributed by atoms with van der Waals surface area (Å²) in [6, 6.07) is 2.96. The molecule has 0 bridgehead atoms. The number of nitrogens with one attached hydrogen (secondary N) is 1. The molecule has 106 valence electrons. The first kappa shape index (κ1) is 15.9. The van der Waals surface area contributed by atoms with E-state index in [1.165, 1.54) is 6.07 Å². The highest BCUT2D eigenvalue weighted by atomic mass is 35.7. The Kier molecular flexibility index (Phi) is 5.71. The Morgan fingerprint density at radius 1 is 1.47 bits per heavy atom. The smallest absolute Gasteiger partial charge is 0.264 e. The lowest BCUT2D eigenvalue weighted by Crippen LogP contribution is -2.27. The average molecular weight is 310 g/mol. The van der Waals surface area contributed by atoms with Crippen LogP contribution in [-0.4, -0.2) is 34.1 Å². The Balaban J connectivity index is 2.82. The zero-order valence-corrected chi connectivity index (χ0v) is 11.7. The highest BCUT2D eigenvalue weighted by Crippen LogP contribution is 2.20. The van der Waals surface area contributed by atoms with Gasteiger partial charge in [-0.3, -0.25) is 4.79 Å². The summed E-state index contributed by atoms with van der Waals surface area (Å²) in [6.45, 7) is 2.96. The van der Waals surface area contributed by atoms with Crippen LogP contribution in [0.3, 0.4) is 0 Å². The Labute approximate surface area is 115 Å². The summed E-state index contributed by atoms with van der Waals surface area (Å²) in [5.41, 5.74) is 0.0112. The normalized spacial score (nSPS) is 11.3. The molecule has 0 saturated carbocycles. The largest absolute Gasteiger partial charge is 0.380 e. The van der Waals surface area contributed by atoms with Gasteiger partial charge in [-0.25, -0.2) is 12.8 Å². The maximum Gasteiger partial charge on any atom is 0.264 e. The minimum atomic E-state index is -4.23. The van der Waals surface area contributed by atoms with Gasteiger partial charge in [0.05, 0.1) is 6.61 Å². The van der Waals surface area contributed by atoms with Gasteiger partial charge in [-0.1, -0.05) is 0 Å². The van der Waals surface area contributed by atoms with Gasteiger partial charge in [0.15, 0.2) is 0 Å². The Bertz CT molecular complexity index is 562. The van der Waals surface area contributed by atoms with Gasteiger partial charge in [-0.05, 0) is 25.1 Å². The standard InChI is InChI=1S/C11H13ClFNO4S/c1-2-18-6-5-14-11(15)8-3-4-9(13)10(7-8)19(12,16)17/h3-4,7H,2,5-6H2,1H3,(H,14,15). The van der Waals surface area contributed by atoms with Gasteiger partial charge in [-0.15, -0.1) is 0 Å². The molecule has 0 saturated heterocycles. The van der Waals surface area contributed by atoms with Crippen LogP contribution in [0.5, 0.6) is 0 Å². The summed E-state index contributed by atoms with van der Waals surface area (Å²) >= 11 is 0. The van der Waals surface area contributed by atoms with Gasteiger partial charge < -0.3 is 10.1 Å². The lowest BCUT2D eigenvalue weighted by atomic mass is 10.2. The quantitative estimate of drug-likeness (QED) is 0.639. The number of hydrogen-bond acceptors (Lipinski definition) is 4. The number of hydrogen-bond donors (Lipinski definition) is 1. The number of ether oxygens (including phenoxy) is 1. The van der Waals surface area contributed by atoms with Crippen LogP contribution in [0, 0.1) is 5.82 Å². The number of amides is 1. The van der Waals surface area contributed by atoms with Gasteiger partial charge in [-0.2, -0.15) is 0 Å². The molecular formula is C11H13ClFNO4S. The summed E-state index contributed by atoms with van der Waals surface area (Å²) in [7, 11) is 0.840. The van der Waals surface area contributed by atoms with Crippen molar-refractivity contribution in [2.45, 2.75) is 11.8 Å². The van der Waals surface area contributed by atoms with Gasteiger partial charge in [0.1, 0.15) is 10.7 Å². The van der Waals surface area contributed by atoms with Gasteiger partial charge in [0.2, 0.25) is 0 Å². The molecule has 19 heavy (non-hydrogen) atoms. The van der Waals surface area contributed by atoms with Gasteiger partial charge in [0, 0.05) is 29.4 Å². The molecule has 0 atom stereocenters. The Hall–Kier alpha value is -1.18. The van der Waals surface area contributed by atoms with Crippen LogP contribution >= 0.6 is 10.7 Å². The topological polar surface area (TPSA) is 72.5 Å². The van der Waals surface area contributed by atoms with E-state index in [0.717, 1.165) is 12.1 Å². The number of carbonyl (C=O) groups is 1. The van der Waals surface area contributed by atoms with Crippen LogP contribution in [0.4, 0.5) is 4.39 Å². The van der Waals surface area contributed by atoms with Gasteiger partial charge >= 0.3 is 0 Å². The fourth-order valence-electron chi connectivity index (χ4n) is 1.31. The lowest BCUT2D eigenvalue weighted by Gasteiger charge is -2.06. The van der Waals surface area contributed by atoms with E-state index in [9.17, 15) is 17.6 Å². The van der Waals surface area contributed by atoms with E-state index in [4.69, 9.17) is 15.4 Å². The molecule has 1 rings (SSSR count). The first-order chi connectivity index (χ1) is 8.86. The number of halogens is 2. The zero-order valence-electron chi connectivity index (χ0n) is 10.2. The van der Waals surface area contributed by atoms with Crippen molar-refractivity contribution in [1.82, 2.24) is 5.32 Å². The van der Waals surface area contributed by atoms with E-state index >= 15 is 0 Å². The monoisotopic (exact) mass is 309 g/mol. The van der Waals surface area contributed by atoms with Crippen LogP contribution < -0.4 is 5.32 Å². The number of rotatable bonds is 6. The molecule has 1 aromatic carbocycles. The predicted molar refractivity (Wildman–Crippen MR) is 68.3 cm³/mol. The Morgan fingerprint density at radius 3 is 2.74 bits per heavy atom. The molecule has 0 spiro atoms. The van der Waals surface area contributed by atoms with Crippen molar-refractivity contribution in [2.75, 3.05) is 19.8 Å². The fraction of sp³-hybridized carbons (Fsp3) is 0.364. The van der Waals surface area contributed by atoms with E-state index in [1.54, 1.807) is 0 Å². The average Bonchev–Trinajstić information content (AvgIpc) is 2.33. The molecule has 0 unspecified atom stereocenters. The maximum atomic E-state index is 13.3. The molecule has 0 aliphatic rings. The molecule has 1 amide bonds. The first-order valence-electron chi connectivity index (χ1n) is 5.46. The molecule has 0 radical (unpaired) electrons. The molecule has 1 aromatic rings. The minimum Gasteiger partial charge on any atom is -0.380 e.